The fraction of sp³-hybridized carbons (Fsp3) is 0.240. The summed E-state index contributed by atoms with van der Waals surface area (Å²) < 4.78 is 18.8. The number of hydrogen-bond acceptors (Lipinski definition) is 9. The first-order chi connectivity index (χ1) is 18.1. The molecule has 2 aliphatic rings. The topological polar surface area (TPSA) is 133 Å². The van der Waals surface area contributed by atoms with Crippen molar-refractivity contribution in [2.24, 2.45) is 0 Å². The minimum atomic E-state index is -0.639. The number of halogens is 1. The monoisotopic (exact) mass is 517 g/mol. The summed E-state index contributed by atoms with van der Waals surface area (Å²) in [7, 11) is 0. The van der Waals surface area contributed by atoms with Crippen LogP contribution in [0, 0.1) is 0 Å². The summed E-state index contributed by atoms with van der Waals surface area (Å²) >= 11 is 6.59. The van der Waals surface area contributed by atoms with Crippen LogP contribution in [0.1, 0.15) is 0 Å². The summed E-state index contributed by atoms with van der Waals surface area (Å²) in [6.07, 6.45) is -0.156. The van der Waals surface area contributed by atoms with Crippen LogP contribution in [0.4, 0.5) is 0 Å². The van der Waals surface area contributed by atoms with Gasteiger partial charge in [0.25, 0.3) is 6.01 Å². The molecule has 2 aliphatic heterocycles. The Morgan fingerprint density at radius 3 is 2.43 bits per heavy atom. The molecule has 2 N–H and O–H groups in total. The van der Waals surface area contributed by atoms with Crippen molar-refractivity contribution in [3.05, 3.63) is 65.9 Å². The predicted molar refractivity (Wildman–Crippen MR) is 132 cm³/mol. The lowest BCUT2D eigenvalue weighted by Gasteiger charge is -2.15. The van der Waals surface area contributed by atoms with Crippen LogP contribution in [-0.4, -0.2) is 77.9 Å². The van der Waals surface area contributed by atoms with E-state index in [1.807, 2.05) is 48.5 Å². The Balaban J connectivity index is 1.11. The fourth-order valence-electron chi connectivity index (χ4n) is 4.75. The Bertz CT molecular complexity index is 1560. The maximum absolute atomic E-state index is 9.93. The lowest BCUT2D eigenvalue weighted by atomic mass is 10.0. The van der Waals surface area contributed by atoms with Crippen LogP contribution in [0.3, 0.4) is 0 Å². The van der Waals surface area contributed by atoms with E-state index >= 15 is 0 Å². The van der Waals surface area contributed by atoms with Crippen LogP contribution in [-0.2, 0) is 9.47 Å². The number of nitrogens with zero attached hydrogens (tertiary/aromatic N) is 6. The number of pyridine rings is 1. The Morgan fingerprint density at radius 1 is 0.946 bits per heavy atom. The summed E-state index contributed by atoms with van der Waals surface area (Å²) in [6, 6.07) is 18.0. The maximum Gasteiger partial charge on any atom is 0.296 e. The van der Waals surface area contributed by atoms with Gasteiger partial charge in [0.05, 0.1) is 35.1 Å². The standard InChI is InChI=1S/C25H20ClN7O4/c26-17-9-18-24(30-25(28-18)37-20-11-36-22-19(34)10-35-23(20)22)29-21(17)15-3-1-13(2-4-15)14-5-7-16(8-6-14)33-12-27-31-32-33/h1-9,12,19-20,22-23,34H,10-11H2,(H,28,29,30)/t19-,20-,22?,23?/m1/s1. The van der Waals surface area contributed by atoms with Gasteiger partial charge in [0, 0.05) is 5.56 Å². The Morgan fingerprint density at radius 2 is 1.68 bits per heavy atom. The molecular formula is C25H20ClN7O4. The van der Waals surface area contributed by atoms with Crippen LogP contribution in [0.15, 0.2) is 60.9 Å². The molecule has 11 nitrogen and oxygen atoms in total. The molecule has 0 spiro atoms. The molecule has 2 fully saturated rings. The second kappa shape index (κ2) is 8.89. The van der Waals surface area contributed by atoms with Crippen molar-refractivity contribution in [2.75, 3.05) is 13.2 Å². The van der Waals surface area contributed by atoms with Crippen molar-refractivity contribution >= 4 is 22.8 Å². The van der Waals surface area contributed by atoms with Crippen molar-refractivity contribution in [1.82, 2.24) is 35.2 Å². The smallest absolute Gasteiger partial charge is 0.296 e. The van der Waals surface area contributed by atoms with E-state index in [0.717, 1.165) is 22.4 Å². The van der Waals surface area contributed by atoms with Crippen molar-refractivity contribution in [2.45, 2.75) is 24.4 Å². The summed E-state index contributed by atoms with van der Waals surface area (Å²) in [5.41, 5.74) is 5.63. The zero-order chi connectivity index (χ0) is 24.9. The van der Waals surface area contributed by atoms with Crippen molar-refractivity contribution < 1.29 is 19.3 Å². The van der Waals surface area contributed by atoms with Gasteiger partial charge >= 0.3 is 0 Å². The number of hydrogen-bond donors (Lipinski definition) is 2. The lowest BCUT2D eigenvalue weighted by molar-refractivity contribution is 0.00706. The molecule has 4 atom stereocenters. The molecule has 0 amide bonds. The summed E-state index contributed by atoms with van der Waals surface area (Å²) in [6.45, 7) is 0.552. The van der Waals surface area contributed by atoms with Gasteiger partial charge in [-0.1, -0.05) is 48.0 Å². The fourth-order valence-corrected chi connectivity index (χ4v) is 5.01. The zero-order valence-electron chi connectivity index (χ0n) is 19.2. The molecule has 7 rings (SSSR count). The minimum absolute atomic E-state index is 0.237. The van der Waals surface area contributed by atoms with Gasteiger partial charge in [-0.2, -0.15) is 4.98 Å². The third kappa shape index (κ3) is 4.02. The molecule has 5 aromatic rings. The molecule has 2 aromatic carbocycles. The summed E-state index contributed by atoms with van der Waals surface area (Å²) in [4.78, 5) is 12.3. The van der Waals surface area contributed by atoms with Crippen LogP contribution in [0.25, 0.3) is 39.2 Å². The van der Waals surface area contributed by atoms with Crippen molar-refractivity contribution in [3.63, 3.8) is 0 Å². The number of fused-ring (bicyclic) bond motifs is 2. The molecule has 37 heavy (non-hydrogen) atoms. The molecule has 0 saturated carbocycles. The predicted octanol–water partition coefficient (Wildman–Crippen LogP) is 2.83. The van der Waals surface area contributed by atoms with Crippen molar-refractivity contribution in [3.8, 4) is 34.1 Å². The Kier molecular flexibility index (Phi) is 5.36. The van der Waals surface area contributed by atoms with E-state index in [4.69, 9.17) is 25.8 Å². The first kappa shape index (κ1) is 22.3. The third-order valence-electron chi connectivity index (χ3n) is 6.62. The number of benzene rings is 2. The zero-order valence-corrected chi connectivity index (χ0v) is 20.0. The number of aromatic amines is 1. The molecule has 5 heterocycles. The van der Waals surface area contributed by atoms with Gasteiger partial charge < -0.3 is 24.3 Å². The maximum atomic E-state index is 9.93. The van der Waals surface area contributed by atoms with Crippen LogP contribution >= 0.6 is 11.6 Å². The number of imidazole rings is 1. The first-order valence-corrected chi connectivity index (χ1v) is 12.1. The molecule has 0 bridgehead atoms. The van der Waals surface area contributed by atoms with Gasteiger partial charge in [0.2, 0.25) is 0 Å². The van der Waals surface area contributed by atoms with Gasteiger partial charge in [-0.25, -0.2) is 9.67 Å². The molecular weight excluding hydrogens is 498 g/mol. The van der Waals surface area contributed by atoms with E-state index in [2.05, 4.69) is 30.5 Å². The summed E-state index contributed by atoms with van der Waals surface area (Å²) in [5, 5.41) is 21.7. The number of nitrogens with one attached hydrogen (secondary N) is 1. The third-order valence-corrected chi connectivity index (χ3v) is 6.91. The quantitative estimate of drug-likeness (QED) is 0.361. The second-order valence-corrected chi connectivity index (χ2v) is 9.34. The van der Waals surface area contributed by atoms with Gasteiger partial charge in [-0.3, -0.25) is 0 Å². The van der Waals surface area contributed by atoms with E-state index in [1.54, 1.807) is 17.1 Å². The minimum Gasteiger partial charge on any atom is -0.456 e. The SMILES string of the molecule is O[C@@H]1COC2C1OC[C@H]2Oc1nc2nc(-c3ccc(-c4ccc(-n5cnnn5)cc4)cc3)c(Cl)cc2[nH]1. The summed E-state index contributed by atoms with van der Waals surface area (Å²) in [5.74, 6) is 0. The van der Waals surface area contributed by atoms with E-state index in [-0.39, 0.29) is 24.9 Å². The molecule has 2 unspecified atom stereocenters. The number of aromatic nitrogens is 7. The van der Waals surface area contributed by atoms with Crippen LogP contribution in [0.5, 0.6) is 6.01 Å². The van der Waals surface area contributed by atoms with E-state index in [1.165, 1.54) is 0 Å². The van der Waals surface area contributed by atoms with Crippen LogP contribution in [0.2, 0.25) is 5.02 Å². The average molecular weight is 518 g/mol. The molecule has 3 aromatic heterocycles. The number of tetrazole rings is 1. The normalized spacial score (nSPS) is 23.0. The van der Waals surface area contributed by atoms with Gasteiger partial charge in [0.1, 0.15) is 24.6 Å². The number of H-pyrrole nitrogens is 1. The van der Waals surface area contributed by atoms with Crippen LogP contribution < -0.4 is 4.74 Å². The highest BCUT2D eigenvalue weighted by atomic mass is 35.5. The molecule has 0 aliphatic carbocycles. The van der Waals surface area contributed by atoms with E-state index in [9.17, 15) is 5.11 Å². The largest absolute Gasteiger partial charge is 0.456 e. The molecule has 2 saturated heterocycles. The van der Waals surface area contributed by atoms with Gasteiger partial charge in [0.15, 0.2) is 11.8 Å². The second-order valence-electron chi connectivity index (χ2n) is 8.93. The highest BCUT2D eigenvalue weighted by Gasteiger charge is 2.48. The van der Waals surface area contributed by atoms with Gasteiger partial charge in [-0.05, 0) is 39.8 Å². The number of aliphatic hydroxyl groups is 1. The van der Waals surface area contributed by atoms with E-state index in [0.29, 0.717) is 34.5 Å². The van der Waals surface area contributed by atoms with Crippen molar-refractivity contribution in [1.29, 1.82) is 0 Å². The Hall–Kier alpha value is -3.90. The average Bonchev–Trinajstić information content (AvgIpc) is 3.71. The lowest BCUT2D eigenvalue weighted by Crippen LogP contribution is -2.34. The molecule has 186 valence electrons. The first-order valence-electron chi connectivity index (χ1n) is 11.7. The number of ether oxygens (including phenoxy) is 3. The number of aliphatic hydroxyl groups excluding tert-OH is 1. The Labute approximate surface area is 215 Å². The highest BCUT2D eigenvalue weighted by Crippen LogP contribution is 2.33. The molecule has 12 heteroatoms. The van der Waals surface area contributed by atoms with Gasteiger partial charge in [-0.15, -0.1) is 5.10 Å². The van der Waals surface area contributed by atoms with E-state index < -0.39 is 6.10 Å². The highest BCUT2D eigenvalue weighted by molar-refractivity contribution is 6.33. The number of rotatable bonds is 5. The molecule has 0 radical (unpaired) electrons.